The van der Waals surface area contributed by atoms with E-state index >= 15 is 0 Å². The van der Waals surface area contributed by atoms with Gasteiger partial charge in [0.1, 0.15) is 5.75 Å². The Morgan fingerprint density at radius 1 is 1.23 bits per heavy atom. The number of amides is 3. The molecule has 1 heterocycles. The van der Waals surface area contributed by atoms with Gasteiger partial charge in [-0.3, -0.25) is 4.79 Å². The van der Waals surface area contributed by atoms with Gasteiger partial charge in [0.2, 0.25) is 10.0 Å². The van der Waals surface area contributed by atoms with Crippen LogP contribution in [0.5, 0.6) is 5.75 Å². The Bertz CT molecular complexity index is 1070. The first-order valence-electron chi connectivity index (χ1n) is 13.6. The second-order valence-corrected chi connectivity index (χ2v) is 12.9. The van der Waals surface area contributed by atoms with Gasteiger partial charge in [-0.2, -0.15) is 0 Å². The maximum atomic E-state index is 14.0. The van der Waals surface area contributed by atoms with Gasteiger partial charge in [-0.1, -0.05) is 6.92 Å². The van der Waals surface area contributed by atoms with Crippen molar-refractivity contribution in [1.82, 2.24) is 14.5 Å². The number of carbonyl (C=O) groups excluding carboxylic acids is 2. The van der Waals surface area contributed by atoms with Crippen molar-refractivity contribution in [3.63, 3.8) is 0 Å². The Morgan fingerprint density at radius 2 is 1.92 bits per heavy atom. The quantitative estimate of drug-likeness (QED) is 0.458. The predicted molar refractivity (Wildman–Crippen MR) is 152 cm³/mol. The van der Waals surface area contributed by atoms with Gasteiger partial charge in [-0.05, 0) is 65.2 Å². The van der Waals surface area contributed by atoms with E-state index in [1.165, 1.54) is 11.4 Å². The molecule has 2 rings (SSSR count). The summed E-state index contributed by atoms with van der Waals surface area (Å²) in [6, 6.07) is 3.97. The van der Waals surface area contributed by atoms with Crippen LogP contribution in [0.4, 0.5) is 10.5 Å². The summed E-state index contributed by atoms with van der Waals surface area (Å²) in [6.07, 6.45) is 2.84. The molecule has 0 radical (unpaired) electrons. The number of ether oxygens (including phenoxy) is 2. The minimum atomic E-state index is -3.43. The average Bonchev–Trinajstić information content (AvgIpc) is 2.84. The van der Waals surface area contributed by atoms with Gasteiger partial charge in [-0.25, -0.2) is 17.5 Å². The number of hydrogen-bond acceptors (Lipinski definition) is 7. The number of hydrogen-bond donors (Lipinski definition) is 3. The SMILES string of the molecule is CC(C)NC(=O)Nc1ccc2c(c1)C(=O)N([C@@H](C)CO)C[C@H](C)[C@@H](CN(C)S(C)(=O)=O)OCCCC[C@@H](C)O2. The van der Waals surface area contributed by atoms with E-state index in [0.29, 0.717) is 18.0 Å². The highest BCUT2D eigenvalue weighted by Gasteiger charge is 2.31. The summed E-state index contributed by atoms with van der Waals surface area (Å²) < 4.78 is 37.8. The zero-order valence-electron chi connectivity index (χ0n) is 24.3. The summed E-state index contributed by atoms with van der Waals surface area (Å²) in [5, 5.41) is 15.5. The van der Waals surface area contributed by atoms with Crippen LogP contribution in [0.2, 0.25) is 0 Å². The molecule has 1 aliphatic rings. The summed E-state index contributed by atoms with van der Waals surface area (Å²) in [5.74, 6) is -0.228. The van der Waals surface area contributed by atoms with Gasteiger partial charge >= 0.3 is 6.03 Å². The van der Waals surface area contributed by atoms with Crippen molar-refractivity contribution in [2.75, 3.05) is 44.9 Å². The molecule has 0 saturated carbocycles. The first kappa shape index (κ1) is 32.8. The molecule has 0 fully saturated rings. The van der Waals surface area contributed by atoms with Crippen molar-refractivity contribution in [3.8, 4) is 5.75 Å². The van der Waals surface area contributed by atoms with Gasteiger partial charge < -0.3 is 30.1 Å². The minimum Gasteiger partial charge on any atom is -0.490 e. The van der Waals surface area contributed by atoms with E-state index in [1.54, 1.807) is 30.0 Å². The number of carbonyl (C=O) groups is 2. The maximum absolute atomic E-state index is 14.0. The van der Waals surface area contributed by atoms with Crippen LogP contribution in [-0.4, -0.2) is 98.6 Å². The highest BCUT2D eigenvalue weighted by atomic mass is 32.2. The fourth-order valence-electron chi connectivity index (χ4n) is 4.28. The largest absolute Gasteiger partial charge is 0.490 e. The molecule has 12 heteroatoms. The third-order valence-corrected chi connectivity index (χ3v) is 8.01. The highest BCUT2D eigenvalue weighted by Crippen LogP contribution is 2.28. The molecular formula is C27H46N4O7S. The molecule has 3 N–H and O–H groups in total. The lowest BCUT2D eigenvalue weighted by Gasteiger charge is -2.35. The standard InChI is InChI=1S/C27H46N4O7S/c1-18(2)28-27(34)29-22-11-12-24-23(14-22)26(33)31(20(4)17-32)15-19(3)25(16-30(6)39(7,35)36)37-13-9-8-10-21(5)38-24/h11-12,14,18-21,25,32H,8-10,13,15-17H2,1-7H3,(H2,28,29,34)/t19-,20-,21+,25+/m0/s1. The van der Waals surface area contributed by atoms with Crippen molar-refractivity contribution in [2.45, 2.75) is 78.2 Å². The fourth-order valence-corrected chi connectivity index (χ4v) is 4.70. The molecular weight excluding hydrogens is 524 g/mol. The first-order chi connectivity index (χ1) is 18.2. The number of sulfonamides is 1. The zero-order valence-corrected chi connectivity index (χ0v) is 25.1. The number of urea groups is 1. The van der Waals surface area contributed by atoms with Crippen molar-refractivity contribution in [3.05, 3.63) is 23.8 Å². The van der Waals surface area contributed by atoms with Crippen LogP contribution in [0.3, 0.4) is 0 Å². The number of anilines is 1. The molecule has 0 saturated heterocycles. The molecule has 11 nitrogen and oxygen atoms in total. The lowest BCUT2D eigenvalue weighted by Crippen LogP contribution is -2.48. The van der Waals surface area contributed by atoms with Crippen molar-refractivity contribution < 1.29 is 32.6 Å². The molecule has 0 bridgehead atoms. The van der Waals surface area contributed by atoms with Gasteiger partial charge in [0.25, 0.3) is 5.91 Å². The van der Waals surface area contributed by atoms with Gasteiger partial charge in [0.15, 0.2) is 0 Å². The van der Waals surface area contributed by atoms with Crippen LogP contribution in [0.1, 0.15) is 64.2 Å². The first-order valence-corrected chi connectivity index (χ1v) is 15.4. The lowest BCUT2D eigenvalue weighted by atomic mass is 10.0. The summed E-state index contributed by atoms with van der Waals surface area (Å²) in [4.78, 5) is 27.9. The Hall–Kier alpha value is -2.41. The molecule has 0 aliphatic carbocycles. The number of aliphatic hydroxyl groups excluding tert-OH is 1. The number of fused-ring (bicyclic) bond motifs is 1. The summed E-state index contributed by atoms with van der Waals surface area (Å²) in [6.45, 7) is 9.82. The molecule has 222 valence electrons. The average molecular weight is 571 g/mol. The fraction of sp³-hybridized carbons (Fsp3) is 0.704. The molecule has 0 spiro atoms. The van der Waals surface area contributed by atoms with E-state index < -0.39 is 28.2 Å². The Morgan fingerprint density at radius 3 is 2.54 bits per heavy atom. The van der Waals surface area contributed by atoms with Crippen LogP contribution in [0.25, 0.3) is 0 Å². The molecule has 39 heavy (non-hydrogen) atoms. The minimum absolute atomic E-state index is 0.0626. The molecule has 3 amide bonds. The predicted octanol–water partition coefficient (Wildman–Crippen LogP) is 2.90. The topological polar surface area (TPSA) is 138 Å². The van der Waals surface area contributed by atoms with E-state index in [4.69, 9.17) is 9.47 Å². The van der Waals surface area contributed by atoms with Crippen molar-refractivity contribution in [1.29, 1.82) is 0 Å². The van der Waals surface area contributed by atoms with E-state index in [9.17, 15) is 23.1 Å². The smallest absolute Gasteiger partial charge is 0.319 e. The Kier molecular flexibility index (Phi) is 12.5. The number of benzene rings is 1. The lowest BCUT2D eigenvalue weighted by molar-refractivity contribution is -0.00828. The van der Waals surface area contributed by atoms with E-state index in [0.717, 1.165) is 25.5 Å². The summed E-state index contributed by atoms with van der Waals surface area (Å²) in [7, 11) is -1.92. The summed E-state index contributed by atoms with van der Waals surface area (Å²) in [5.41, 5.74) is 0.692. The number of nitrogens with one attached hydrogen (secondary N) is 2. The zero-order chi connectivity index (χ0) is 29.3. The second-order valence-electron chi connectivity index (χ2n) is 10.8. The van der Waals surface area contributed by atoms with Crippen LogP contribution in [-0.2, 0) is 14.8 Å². The molecule has 1 aliphatic heterocycles. The second kappa shape index (κ2) is 14.8. The molecule has 0 unspecified atom stereocenters. The number of aliphatic hydroxyl groups is 1. The summed E-state index contributed by atoms with van der Waals surface area (Å²) >= 11 is 0. The van der Waals surface area contributed by atoms with E-state index in [-0.39, 0.29) is 49.2 Å². The number of likely N-dealkylation sites (N-methyl/N-ethyl adjacent to an activating group) is 1. The van der Waals surface area contributed by atoms with Gasteiger partial charge in [0, 0.05) is 44.4 Å². The number of nitrogens with zero attached hydrogens (tertiary/aromatic N) is 2. The molecule has 1 aromatic carbocycles. The molecule has 4 atom stereocenters. The monoisotopic (exact) mass is 570 g/mol. The van der Waals surface area contributed by atoms with Crippen LogP contribution in [0.15, 0.2) is 18.2 Å². The van der Waals surface area contributed by atoms with Crippen LogP contribution in [0, 0.1) is 5.92 Å². The molecule has 0 aromatic heterocycles. The van der Waals surface area contributed by atoms with Crippen molar-refractivity contribution >= 4 is 27.6 Å². The highest BCUT2D eigenvalue weighted by molar-refractivity contribution is 7.88. The number of rotatable bonds is 7. The Labute approximate surface area is 233 Å². The maximum Gasteiger partial charge on any atom is 0.319 e. The third kappa shape index (κ3) is 10.3. The van der Waals surface area contributed by atoms with Gasteiger partial charge in [0.05, 0.1) is 36.7 Å². The third-order valence-electron chi connectivity index (χ3n) is 6.73. The Balaban J connectivity index is 2.49. The van der Waals surface area contributed by atoms with Crippen LogP contribution >= 0.6 is 0 Å². The van der Waals surface area contributed by atoms with Gasteiger partial charge in [-0.15, -0.1) is 0 Å². The van der Waals surface area contributed by atoms with E-state index in [2.05, 4.69) is 10.6 Å². The normalized spacial score (nSPS) is 22.6. The molecule has 1 aromatic rings. The van der Waals surface area contributed by atoms with Crippen LogP contribution < -0.4 is 15.4 Å². The van der Waals surface area contributed by atoms with Crippen molar-refractivity contribution in [2.24, 2.45) is 5.92 Å². The van der Waals surface area contributed by atoms with E-state index in [1.807, 2.05) is 27.7 Å².